The van der Waals surface area contributed by atoms with Gasteiger partial charge in [0.15, 0.2) is 0 Å². The number of carbonyl (C=O) groups excluding carboxylic acids is 1. The Morgan fingerprint density at radius 2 is 1.94 bits per heavy atom. The zero-order valence-electron chi connectivity index (χ0n) is 21.3. The van der Waals surface area contributed by atoms with Gasteiger partial charge < -0.3 is 4.74 Å². The first-order chi connectivity index (χ1) is 16.6. The van der Waals surface area contributed by atoms with E-state index < -0.39 is 15.9 Å². The molecule has 0 radical (unpaired) electrons. The fourth-order valence-electron chi connectivity index (χ4n) is 7.29. The number of hydrogen-bond acceptors (Lipinski definition) is 7. The molecule has 0 amide bonds. The van der Waals surface area contributed by atoms with Crippen LogP contribution in [0, 0.1) is 28.6 Å². The second-order valence-electron chi connectivity index (χ2n) is 10.5. The average molecular weight is 504 g/mol. The Kier molecular flexibility index (Phi) is 7.18. The number of fused-ring (bicyclic) bond motifs is 4. The minimum absolute atomic E-state index is 0.196. The number of allylic oxidation sites excluding steroid dienone is 4. The Morgan fingerprint density at radius 1 is 1.20 bits per heavy atom. The van der Waals surface area contributed by atoms with Gasteiger partial charge in [0, 0.05) is 25.4 Å². The van der Waals surface area contributed by atoms with Crippen molar-refractivity contribution >= 4 is 22.0 Å². The first-order valence-electron chi connectivity index (χ1n) is 12.9. The number of rotatable bonds is 7. The van der Waals surface area contributed by atoms with Crippen LogP contribution in [0.4, 0.5) is 0 Å². The van der Waals surface area contributed by atoms with E-state index in [1.807, 2.05) is 6.08 Å². The lowest BCUT2D eigenvalue weighted by atomic mass is 9.54. The Labute approximate surface area is 209 Å². The highest BCUT2D eigenvalue weighted by Crippen LogP contribution is 2.65. The number of nitrogens with zero attached hydrogens (tertiary/aromatic N) is 3. The molecule has 0 N–H and O–H groups in total. The van der Waals surface area contributed by atoms with E-state index in [9.17, 15) is 18.5 Å². The van der Waals surface area contributed by atoms with E-state index in [2.05, 4.69) is 18.1 Å². The second kappa shape index (κ2) is 9.70. The standard InChI is InChI=1S/C26H37N3O5S/c1-5-29(6-2)35(31,32)34-28-20-8-10-21-19(17-20)7-9-23-22(21)11-13-25(4)24(23)12-14-26(25,15-16-27)33-18(3)30/h17,23-24H,5-15H2,1-4H3/t23?,24?,25-,26+/m0/s1. The molecule has 9 heteroatoms. The van der Waals surface area contributed by atoms with Crippen LogP contribution in [-0.2, 0) is 24.1 Å². The van der Waals surface area contributed by atoms with Crippen molar-refractivity contribution in [2.24, 2.45) is 22.4 Å². The fraction of sp³-hybridized carbons (Fsp3) is 0.731. The predicted molar refractivity (Wildman–Crippen MR) is 132 cm³/mol. The van der Waals surface area contributed by atoms with E-state index in [4.69, 9.17) is 9.02 Å². The number of ether oxygens (including phenoxy) is 1. The monoisotopic (exact) mass is 503 g/mol. The summed E-state index contributed by atoms with van der Waals surface area (Å²) in [7, 11) is -3.87. The summed E-state index contributed by atoms with van der Waals surface area (Å²) in [6, 6.07) is 2.30. The molecule has 0 aromatic carbocycles. The second-order valence-corrected chi connectivity index (χ2v) is 12.0. The average Bonchev–Trinajstić information content (AvgIpc) is 3.09. The molecule has 0 aromatic heterocycles. The van der Waals surface area contributed by atoms with Gasteiger partial charge in [-0.2, -0.15) is 18.0 Å². The lowest BCUT2D eigenvalue weighted by molar-refractivity contribution is -0.174. The topological polar surface area (TPSA) is 109 Å². The van der Waals surface area contributed by atoms with Crippen molar-refractivity contribution in [3.8, 4) is 6.07 Å². The third-order valence-corrected chi connectivity index (χ3v) is 10.4. The lowest BCUT2D eigenvalue weighted by Gasteiger charge is -2.52. The number of hydrogen-bond donors (Lipinski definition) is 0. The summed E-state index contributed by atoms with van der Waals surface area (Å²) in [5.74, 6) is 0.532. The van der Waals surface area contributed by atoms with Gasteiger partial charge in [0.25, 0.3) is 0 Å². The van der Waals surface area contributed by atoms with Gasteiger partial charge in [0.05, 0.1) is 18.2 Å². The van der Waals surface area contributed by atoms with Gasteiger partial charge in [-0.3, -0.25) is 9.08 Å². The van der Waals surface area contributed by atoms with E-state index in [1.54, 1.807) is 13.8 Å². The molecule has 4 aliphatic carbocycles. The molecule has 2 unspecified atom stereocenters. The molecule has 8 nitrogen and oxygen atoms in total. The zero-order chi connectivity index (χ0) is 25.4. The maximum Gasteiger partial charge on any atom is 0.404 e. The van der Waals surface area contributed by atoms with Crippen LogP contribution >= 0.6 is 0 Å². The summed E-state index contributed by atoms with van der Waals surface area (Å²) in [5.41, 5.74) is 3.94. The smallest absolute Gasteiger partial charge is 0.404 e. The van der Waals surface area contributed by atoms with Crippen LogP contribution in [0.3, 0.4) is 0 Å². The van der Waals surface area contributed by atoms with Crippen molar-refractivity contribution in [3.63, 3.8) is 0 Å². The molecule has 4 atom stereocenters. The molecule has 2 fully saturated rings. The normalized spacial score (nSPS) is 33.5. The highest BCUT2D eigenvalue weighted by molar-refractivity contribution is 7.84. The number of carbonyl (C=O) groups is 1. The lowest BCUT2D eigenvalue weighted by Crippen LogP contribution is -2.51. The van der Waals surface area contributed by atoms with Crippen molar-refractivity contribution < 1.29 is 22.2 Å². The molecule has 0 spiro atoms. The molecular weight excluding hydrogens is 466 g/mol. The van der Waals surface area contributed by atoms with Crippen LogP contribution in [0.5, 0.6) is 0 Å². The van der Waals surface area contributed by atoms with Crippen molar-refractivity contribution in [1.82, 2.24) is 4.31 Å². The molecule has 4 rings (SSSR count). The van der Waals surface area contributed by atoms with Crippen LogP contribution in [-0.4, -0.2) is 43.1 Å². The van der Waals surface area contributed by atoms with Gasteiger partial charge in [-0.15, -0.1) is 0 Å². The Bertz CT molecular complexity index is 1110. The molecule has 0 bridgehead atoms. The molecule has 0 heterocycles. The van der Waals surface area contributed by atoms with Crippen molar-refractivity contribution in [3.05, 3.63) is 22.8 Å². The Morgan fingerprint density at radius 3 is 2.60 bits per heavy atom. The molecule has 4 aliphatic rings. The van der Waals surface area contributed by atoms with Crippen molar-refractivity contribution in [1.29, 1.82) is 5.26 Å². The minimum atomic E-state index is -3.87. The predicted octanol–water partition coefficient (Wildman–Crippen LogP) is 4.80. The van der Waals surface area contributed by atoms with Gasteiger partial charge in [-0.05, 0) is 80.4 Å². The summed E-state index contributed by atoms with van der Waals surface area (Å²) in [5, 5.41) is 13.6. The van der Waals surface area contributed by atoms with Gasteiger partial charge in [0.1, 0.15) is 5.60 Å². The maximum atomic E-state index is 12.3. The van der Waals surface area contributed by atoms with Gasteiger partial charge >= 0.3 is 16.3 Å². The van der Waals surface area contributed by atoms with Crippen LogP contribution in [0.15, 0.2) is 28.0 Å². The number of oxime groups is 1. The summed E-state index contributed by atoms with van der Waals surface area (Å²) in [6.07, 6.45) is 9.24. The Balaban J connectivity index is 1.58. The van der Waals surface area contributed by atoms with Crippen molar-refractivity contribution in [2.45, 2.75) is 91.1 Å². The highest BCUT2D eigenvalue weighted by atomic mass is 32.2. The number of nitriles is 1. The van der Waals surface area contributed by atoms with Crippen LogP contribution in [0.25, 0.3) is 0 Å². The van der Waals surface area contributed by atoms with E-state index >= 15 is 0 Å². The summed E-state index contributed by atoms with van der Waals surface area (Å²) >= 11 is 0. The first-order valence-corrected chi connectivity index (χ1v) is 14.2. The molecule has 35 heavy (non-hydrogen) atoms. The van der Waals surface area contributed by atoms with E-state index in [0.29, 0.717) is 37.1 Å². The zero-order valence-corrected chi connectivity index (χ0v) is 22.1. The van der Waals surface area contributed by atoms with E-state index in [-0.39, 0.29) is 17.8 Å². The maximum absolute atomic E-state index is 12.3. The van der Waals surface area contributed by atoms with Gasteiger partial charge in [-0.25, -0.2) is 0 Å². The quantitative estimate of drug-likeness (QED) is 0.365. The van der Waals surface area contributed by atoms with Gasteiger partial charge in [-0.1, -0.05) is 31.5 Å². The van der Waals surface area contributed by atoms with Crippen molar-refractivity contribution in [2.75, 3.05) is 13.1 Å². The third-order valence-electron chi connectivity index (χ3n) is 9.01. The number of esters is 1. The molecular formula is C26H37N3O5S. The summed E-state index contributed by atoms with van der Waals surface area (Å²) in [4.78, 5) is 12.0. The van der Waals surface area contributed by atoms with Crippen LogP contribution < -0.4 is 0 Å². The SMILES string of the molecule is CCN(CC)S(=O)(=O)ON=C1C=C2CCC3C(=C2CC1)CC[C@@]1(C)C3CC[C@]1(CC#N)OC(C)=O. The molecule has 0 saturated heterocycles. The third kappa shape index (κ3) is 4.44. The van der Waals surface area contributed by atoms with E-state index in [1.165, 1.54) is 27.9 Å². The molecule has 0 aromatic rings. The van der Waals surface area contributed by atoms with Gasteiger partial charge in [0.2, 0.25) is 0 Å². The first kappa shape index (κ1) is 25.9. The summed E-state index contributed by atoms with van der Waals surface area (Å²) in [6.45, 7) is 7.91. The fourth-order valence-corrected chi connectivity index (χ4v) is 8.20. The van der Waals surface area contributed by atoms with E-state index in [0.717, 1.165) is 44.9 Å². The molecule has 0 aliphatic heterocycles. The molecule has 2 saturated carbocycles. The molecule has 192 valence electrons. The van der Waals surface area contributed by atoms with Crippen LogP contribution in [0.1, 0.15) is 85.5 Å². The Hall–Kier alpha value is -2.18. The minimum Gasteiger partial charge on any atom is -0.458 e. The largest absolute Gasteiger partial charge is 0.458 e. The van der Waals surface area contributed by atoms with Crippen LogP contribution in [0.2, 0.25) is 0 Å². The summed E-state index contributed by atoms with van der Waals surface area (Å²) < 4.78 is 36.8. The highest BCUT2D eigenvalue weighted by Gasteiger charge is 2.63.